The van der Waals surface area contributed by atoms with Crippen LogP contribution in [0.25, 0.3) is 0 Å². The maximum absolute atomic E-state index is 11.7. The van der Waals surface area contributed by atoms with Crippen molar-refractivity contribution in [1.82, 2.24) is 5.43 Å². The van der Waals surface area contributed by atoms with Crippen molar-refractivity contribution in [3.05, 3.63) is 59.7 Å². The van der Waals surface area contributed by atoms with E-state index in [1.165, 1.54) is 6.21 Å². The molecule has 0 fully saturated rings. The second-order valence-electron chi connectivity index (χ2n) is 5.17. The second-order valence-corrected chi connectivity index (χ2v) is 5.17. The van der Waals surface area contributed by atoms with Gasteiger partial charge in [-0.05, 0) is 48.4 Å². The Morgan fingerprint density at radius 1 is 1.08 bits per heavy atom. The summed E-state index contributed by atoms with van der Waals surface area (Å²) in [6, 6.07) is 14.3. The number of ether oxygens (including phenoxy) is 2. The van der Waals surface area contributed by atoms with Gasteiger partial charge in [0.1, 0.15) is 11.5 Å². The zero-order valence-electron chi connectivity index (χ0n) is 13.8. The molecule has 25 heavy (non-hydrogen) atoms. The molecule has 2 aromatic carbocycles. The molecule has 3 N–H and O–H groups in total. The maximum Gasteiger partial charge on any atom is 0.277 e. The van der Waals surface area contributed by atoms with Crippen LogP contribution in [0.2, 0.25) is 0 Å². The lowest BCUT2D eigenvalue weighted by Crippen LogP contribution is -2.24. The zero-order chi connectivity index (χ0) is 18.1. The van der Waals surface area contributed by atoms with Gasteiger partial charge in [-0.25, -0.2) is 5.43 Å². The minimum absolute atomic E-state index is 0.123. The fraction of sp³-hybridized carbons (Fsp3) is 0.167. The lowest BCUT2D eigenvalue weighted by Gasteiger charge is -2.07. The minimum Gasteiger partial charge on any atom is -0.484 e. The number of para-hydroxylation sites is 1. The Balaban J connectivity index is 1.77. The number of benzene rings is 2. The highest BCUT2D eigenvalue weighted by Gasteiger charge is 2.03. The van der Waals surface area contributed by atoms with E-state index in [0.29, 0.717) is 11.5 Å². The zero-order valence-corrected chi connectivity index (χ0v) is 13.8. The second kappa shape index (κ2) is 9.07. The smallest absolute Gasteiger partial charge is 0.277 e. The number of nitrogens with zero attached hydrogens (tertiary/aromatic N) is 1. The first kappa shape index (κ1) is 18.0. The summed E-state index contributed by atoms with van der Waals surface area (Å²) in [5.74, 6) is 0.280. The lowest BCUT2D eigenvalue weighted by molar-refractivity contribution is -0.123. The van der Waals surface area contributed by atoms with Crippen molar-refractivity contribution < 1.29 is 19.1 Å². The molecule has 0 radical (unpaired) electrons. The molecule has 0 heterocycles. The van der Waals surface area contributed by atoms with E-state index in [2.05, 4.69) is 10.5 Å². The van der Waals surface area contributed by atoms with Crippen LogP contribution in [0.15, 0.2) is 53.6 Å². The van der Waals surface area contributed by atoms with Gasteiger partial charge in [0, 0.05) is 0 Å². The fourth-order valence-electron chi connectivity index (χ4n) is 1.88. The van der Waals surface area contributed by atoms with E-state index < -0.39 is 5.91 Å². The lowest BCUT2D eigenvalue weighted by atomic mass is 10.2. The summed E-state index contributed by atoms with van der Waals surface area (Å²) in [5, 5.41) is 3.86. The predicted octanol–water partition coefficient (Wildman–Crippen LogP) is 1.39. The molecule has 0 aliphatic carbocycles. The predicted molar refractivity (Wildman–Crippen MR) is 93.5 cm³/mol. The molecule has 2 amide bonds. The summed E-state index contributed by atoms with van der Waals surface area (Å²) in [7, 11) is 0. The van der Waals surface area contributed by atoms with Crippen LogP contribution in [0.4, 0.5) is 0 Å². The Kier molecular flexibility index (Phi) is 6.53. The van der Waals surface area contributed by atoms with Crippen LogP contribution in [-0.4, -0.2) is 31.2 Å². The molecule has 0 aliphatic heterocycles. The van der Waals surface area contributed by atoms with Gasteiger partial charge in [0.05, 0.1) is 6.21 Å². The molecule has 0 spiro atoms. The summed E-state index contributed by atoms with van der Waals surface area (Å²) in [6.45, 7) is 1.61. The van der Waals surface area contributed by atoms with Gasteiger partial charge >= 0.3 is 0 Å². The molecule has 0 bridgehead atoms. The number of carbonyl (C=O) groups excluding carboxylic acids is 2. The Labute approximate surface area is 145 Å². The number of amides is 2. The van der Waals surface area contributed by atoms with E-state index in [4.69, 9.17) is 15.2 Å². The van der Waals surface area contributed by atoms with Gasteiger partial charge in [0.25, 0.3) is 11.8 Å². The molecular formula is C18H19N3O4. The van der Waals surface area contributed by atoms with Crippen molar-refractivity contribution in [2.75, 3.05) is 13.2 Å². The molecule has 0 aliphatic rings. The summed E-state index contributed by atoms with van der Waals surface area (Å²) in [5.41, 5.74) is 9.10. The molecular weight excluding hydrogens is 322 g/mol. The number of nitrogens with two attached hydrogens (primary N) is 1. The molecule has 7 heteroatoms. The summed E-state index contributed by atoms with van der Waals surface area (Å²) in [4.78, 5) is 22.3. The molecule has 0 saturated heterocycles. The van der Waals surface area contributed by atoms with Crippen LogP contribution < -0.4 is 20.6 Å². The van der Waals surface area contributed by atoms with Gasteiger partial charge in [-0.3, -0.25) is 9.59 Å². The van der Waals surface area contributed by atoms with Gasteiger partial charge in [-0.1, -0.05) is 18.2 Å². The summed E-state index contributed by atoms with van der Waals surface area (Å²) < 4.78 is 10.6. The number of carbonyl (C=O) groups is 2. The van der Waals surface area contributed by atoms with Crippen molar-refractivity contribution >= 4 is 18.0 Å². The Bertz CT molecular complexity index is 757. The monoisotopic (exact) mass is 341 g/mol. The minimum atomic E-state index is -0.540. The first-order valence-electron chi connectivity index (χ1n) is 7.56. The molecule has 0 saturated carbocycles. The quantitative estimate of drug-likeness (QED) is 0.559. The number of rotatable bonds is 8. The van der Waals surface area contributed by atoms with Crippen molar-refractivity contribution in [2.45, 2.75) is 6.92 Å². The van der Waals surface area contributed by atoms with Crippen LogP contribution in [0.5, 0.6) is 11.5 Å². The van der Waals surface area contributed by atoms with Gasteiger partial charge in [-0.15, -0.1) is 0 Å². The number of hydrogen-bond donors (Lipinski definition) is 2. The first-order chi connectivity index (χ1) is 12.0. The summed E-state index contributed by atoms with van der Waals surface area (Å²) in [6.07, 6.45) is 1.49. The van der Waals surface area contributed by atoms with Gasteiger partial charge in [0.15, 0.2) is 13.2 Å². The van der Waals surface area contributed by atoms with Gasteiger partial charge in [0.2, 0.25) is 0 Å². The topological polar surface area (TPSA) is 103 Å². The van der Waals surface area contributed by atoms with Crippen LogP contribution in [0.1, 0.15) is 11.1 Å². The third-order valence-electron chi connectivity index (χ3n) is 3.12. The van der Waals surface area contributed by atoms with Crippen LogP contribution >= 0.6 is 0 Å². The molecule has 130 valence electrons. The fourth-order valence-corrected chi connectivity index (χ4v) is 1.88. The average molecular weight is 341 g/mol. The van der Waals surface area contributed by atoms with E-state index >= 15 is 0 Å². The van der Waals surface area contributed by atoms with Crippen molar-refractivity contribution in [1.29, 1.82) is 0 Å². The van der Waals surface area contributed by atoms with E-state index in [1.54, 1.807) is 30.3 Å². The summed E-state index contributed by atoms with van der Waals surface area (Å²) >= 11 is 0. The number of hydrazone groups is 1. The van der Waals surface area contributed by atoms with Gasteiger partial charge < -0.3 is 15.2 Å². The molecule has 0 atom stereocenters. The van der Waals surface area contributed by atoms with E-state index in [1.807, 2.05) is 25.1 Å². The highest BCUT2D eigenvalue weighted by atomic mass is 16.5. The molecule has 2 aromatic rings. The Hall–Kier alpha value is -3.35. The third-order valence-corrected chi connectivity index (χ3v) is 3.12. The Morgan fingerprint density at radius 2 is 1.80 bits per heavy atom. The highest BCUT2D eigenvalue weighted by Crippen LogP contribution is 2.15. The Morgan fingerprint density at radius 3 is 2.48 bits per heavy atom. The normalized spacial score (nSPS) is 10.4. The molecule has 7 nitrogen and oxygen atoms in total. The number of nitrogens with one attached hydrogen (secondary N) is 1. The van der Waals surface area contributed by atoms with Crippen molar-refractivity contribution in [2.24, 2.45) is 10.8 Å². The molecule has 0 unspecified atom stereocenters. The van der Waals surface area contributed by atoms with Crippen molar-refractivity contribution in [3.8, 4) is 11.5 Å². The number of aryl methyl sites for hydroxylation is 1. The van der Waals surface area contributed by atoms with E-state index in [-0.39, 0.29) is 19.1 Å². The maximum atomic E-state index is 11.7. The van der Waals surface area contributed by atoms with Crippen LogP contribution in [-0.2, 0) is 9.59 Å². The highest BCUT2D eigenvalue weighted by molar-refractivity contribution is 5.83. The standard InChI is InChI=1S/C18H19N3O4/c1-13-4-2-3-5-16(13)25-12-18(23)21-20-10-14-6-8-15(9-7-14)24-11-17(19)22/h2-10H,11-12H2,1H3,(H2,19,22)(H,21,23)/b20-10-. The molecule has 0 aromatic heterocycles. The average Bonchev–Trinajstić information content (AvgIpc) is 2.60. The van der Waals surface area contributed by atoms with Crippen LogP contribution in [0.3, 0.4) is 0 Å². The van der Waals surface area contributed by atoms with Crippen LogP contribution in [0, 0.1) is 6.92 Å². The number of primary amides is 1. The van der Waals surface area contributed by atoms with E-state index in [9.17, 15) is 9.59 Å². The molecule has 2 rings (SSSR count). The van der Waals surface area contributed by atoms with Gasteiger partial charge in [-0.2, -0.15) is 5.10 Å². The first-order valence-corrected chi connectivity index (χ1v) is 7.56. The third kappa shape index (κ3) is 6.34. The SMILES string of the molecule is Cc1ccccc1OCC(=O)N/N=C\c1ccc(OCC(N)=O)cc1. The largest absolute Gasteiger partial charge is 0.484 e. The number of hydrogen-bond acceptors (Lipinski definition) is 5. The van der Waals surface area contributed by atoms with Crippen molar-refractivity contribution in [3.63, 3.8) is 0 Å². The van der Waals surface area contributed by atoms with E-state index in [0.717, 1.165) is 11.1 Å².